The minimum Gasteiger partial charge on any atom is -0.484 e. The predicted octanol–water partition coefficient (Wildman–Crippen LogP) is 4.12. The van der Waals surface area contributed by atoms with Gasteiger partial charge in [-0.25, -0.2) is 4.79 Å². The average Bonchev–Trinajstić information content (AvgIpc) is 3.02. The largest absolute Gasteiger partial charge is 0.484 e. The van der Waals surface area contributed by atoms with Gasteiger partial charge in [0, 0.05) is 22.4 Å². The number of methoxy groups -OCH3 is 1. The molecule has 7 nitrogen and oxygen atoms in total. The standard InChI is InChI=1S/C25H25ClN2O5/c1-15(2)27-22(29)14-33-20-11-5-17(6-12-20)13-21-24(30)23(25(31)32-4)16(3)28(21)19-9-7-18(26)8-10-19/h5-13,15H,14H2,1-4H3,(H,27,29)/b21-13-. The van der Waals surface area contributed by atoms with E-state index in [0.29, 0.717) is 27.9 Å². The molecule has 1 aliphatic heterocycles. The summed E-state index contributed by atoms with van der Waals surface area (Å²) in [6.07, 6.45) is 1.69. The summed E-state index contributed by atoms with van der Waals surface area (Å²) < 4.78 is 10.3. The van der Waals surface area contributed by atoms with Crippen LogP contribution < -0.4 is 15.0 Å². The molecule has 1 aliphatic rings. The lowest BCUT2D eigenvalue weighted by atomic mass is 10.1. The Morgan fingerprint density at radius 2 is 1.73 bits per heavy atom. The molecule has 0 atom stereocenters. The van der Waals surface area contributed by atoms with Crippen LogP contribution in [0.5, 0.6) is 5.75 Å². The Balaban J connectivity index is 1.88. The molecule has 1 amide bonds. The number of Topliss-reactive ketones (excluding diaryl/α,β-unsaturated/α-hetero) is 1. The third-order valence-electron chi connectivity index (χ3n) is 4.88. The van der Waals surface area contributed by atoms with Crippen molar-refractivity contribution in [3.05, 3.63) is 76.1 Å². The second-order valence-electron chi connectivity index (χ2n) is 7.70. The number of hydrogen-bond donors (Lipinski definition) is 1. The van der Waals surface area contributed by atoms with Gasteiger partial charge in [0.25, 0.3) is 5.91 Å². The normalized spacial score (nSPS) is 14.8. The molecular formula is C25H25ClN2O5. The Hall–Kier alpha value is -3.58. The van der Waals surface area contributed by atoms with E-state index in [2.05, 4.69) is 5.32 Å². The first kappa shape index (κ1) is 24.1. The Labute approximate surface area is 197 Å². The van der Waals surface area contributed by atoms with E-state index in [4.69, 9.17) is 21.1 Å². The third-order valence-corrected chi connectivity index (χ3v) is 5.13. The zero-order valence-electron chi connectivity index (χ0n) is 18.8. The minimum atomic E-state index is -0.691. The highest BCUT2D eigenvalue weighted by Gasteiger charge is 2.38. The maximum absolute atomic E-state index is 13.1. The van der Waals surface area contributed by atoms with Gasteiger partial charge in [0.2, 0.25) is 5.78 Å². The number of rotatable bonds is 7. The monoisotopic (exact) mass is 468 g/mol. The van der Waals surface area contributed by atoms with Crippen molar-refractivity contribution >= 4 is 41.0 Å². The molecule has 3 rings (SSSR count). The van der Waals surface area contributed by atoms with Gasteiger partial charge in [0.05, 0.1) is 12.8 Å². The van der Waals surface area contributed by atoms with Crippen LogP contribution in [0.25, 0.3) is 6.08 Å². The van der Waals surface area contributed by atoms with Gasteiger partial charge in [-0.3, -0.25) is 9.59 Å². The van der Waals surface area contributed by atoms with E-state index in [1.54, 1.807) is 66.4 Å². The Bertz CT molecular complexity index is 1120. The SMILES string of the molecule is COC(=O)C1=C(C)N(c2ccc(Cl)cc2)/C(=C\c2ccc(OCC(=O)NC(C)C)cc2)C1=O. The molecule has 172 valence electrons. The zero-order valence-corrected chi connectivity index (χ0v) is 19.6. The number of anilines is 1. The van der Waals surface area contributed by atoms with Gasteiger partial charge in [0.1, 0.15) is 11.3 Å². The third kappa shape index (κ3) is 5.62. The summed E-state index contributed by atoms with van der Waals surface area (Å²) in [7, 11) is 1.24. The molecule has 1 N–H and O–H groups in total. The number of ketones is 1. The molecule has 0 unspecified atom stereocenters. The number of halogens is 1. The molecule has 2 aromatic carbocycles. The number of nitrogens with zero attached hydrogens (tertiary/aromatic N) is 1. The average molecular weight is 469 g/mol. The van der Waals surface area contributed by atoms with E-state index in [1.807, 2.05) is 13.8 Å². The first-order valence-corrected chi connectivity index (χ1v) is 10.7. The van der Waals surface area contributed by atoms with E-state index >= 15 is 0 Å². The molecule has 2 aromatic rings. The number of carbonyl (C=O) groups is 3. The van der Waals surface area contributed by atoms with Crippen LogP contribution in [0.4, 0.5) is 5.69 Å². The minimum absolute atomic E-state index is 0.0187. The van der Waals surface area contributed by atoms with Gasteiger partial charge in [-0.15, -0.1) is 0 Å². The smallest absolute Gasteiger partial charge is 0.343 e. The molecule has 1 heterocycles. The topological polar surface area (TPSA) is 84.9 Å². The molecule has 33 heavy (non-hydrogen) atoms. The maximum Gasteiger partial charge on any atom is 0.343 e. The van der Waals surface area contributed by atoms with Gasteiger partial charge < -0.3 is 19.7 Å². The number of hydrogen-bond acceptors (Lipinski definition) is 6. The van der Waals surface area contributed by atoms with Crippen molar-refractivity contribution in [3.8, 4) is 5.75 Å². The van der Waals surface area contributed by atoms with Crippen LogP contribution in [-0.2, 0) is 19.1 Å². The van der Waals surface area contributed by atoms with Crippen LogP contribution in [0, 0.1) is 0 Å². The van der Waals surface area contributed by atoms with Crippen molar-refractivity contribution in [2.45, 2.75) is 26.8 Å². The fourth-order valence-electron chi connectivity index (χ4n) is 3.41. The Kier molecular flexibility index (Phi) is 7.55. The molecule has 0 saturated heterocycles. The van der Waals surface area contributed by atoms with Crippen molar-refractivity contribution in [1.29, 1.82) is 0 Å². The van der Waals surface area contributed by atoms with E-state index < -0.39 is 11.8 Å². The van der Waals surface area contributed by atoms with Crippen LogP contribution in [0.15, 0.2) is 65.5 Å². The molecule has 0 fully saturated rings. The molecule has 0 bridgehead atoms. The zero-order chi connectivity index (χ0) is 24.1. The van der Waals surface area contributed by atoms with Crippen LogP contribution in [0.3, 0.4) is 0 Å². The maximum atomic E-state index is 13.1. The highest BCUT2D eigenvalue weighted by molar-refractivity contribution is 6.31. The quantitative estimate of drug-likeness (QED) is 0.374. The number of esters is 1. The van der Waals surface area contributed by atoms with Gasteiger partial charge >= 0.3 is 5.97 Å². The highest BCUT2D eigenvalue weighted by Crippen LogP contribution is 2.36. The van der Waals surface area contributed by atoms with Crippen molar-refractivity contribution in [3.63, 3.8) is 0 Å². The van der Waals surface area contributed by atoms with Crippen molar-refractivity contribution in [1.82, 2.24) is 5.32 Å². The number of ether oxygens (including phenoxy) is 2. The van der Waals surface area contributed by atoms with Gasteiger partial charge in [-0.2, -0.15) is 0 Å². The van der Waals surface area contributed by atoms with Gasteiger partial charge in [-0.05, 0) is 68.8 Å². The van der Waals surface area contributed by atoms with E-state index in [-0.39, 0.29) is 24.1 Å². The molecule has 0 spiro atoms. The summed E-state index contributed by atoms with van der Waals surface area (Å²) in [4.78, 5) is 38.9. The molecule has 0 radical (unpaired) electrons. The van der Waals surface area contributed by atoms with Crippen molar-refractivity contribution < 1.29 is 23.9 Å². The number of benzene rings is 2. The van der Waals surface area contributed by atoms with Crippen LogP contribution in [-0.4, -0.2) is 37.4 Å². The Morgan fingerprint density at radius 1 is 1.09 bits per heavy atom. The number of allylic oxidation sites excluding steroid dienone is 2. The summed E-state index contributed by atoms with van der Waals surface area (Å²) in [5, 5.41) is 3.31. The molecule has 0 aromatic heterocycles. The summed E-state index contributed by atoms with van der Waals surface area (Å²) in [6, 6.07) is 14.0. The molecule has 8 heteroatoms. The first-order chi connectivity index (χ1) is 15.7. The molecule has 0 aliphatic carbocycles. The fraction of sp³-hybridized carbons (Fsp3) is 0.240. The number of carbonyl (C=O) groups excluding carboxylic acids is 3. The summed E-state index contributed by atoms with van der Waals surface area (Å²) in [5.41, 5.74) is 2.16. The predicted molar refractivity (Wildman–Crippen MR) is 127 cm³/mol. The number of nitrogens with one attached hydrogen (secondary N) is 1. The summed E-state index contributed by atoms with van der Waals surface area (Å²) in [5.74, 6) is -0.806. The van der Waals surface area contributed by atoms with Crippen LogP contribution >= 0.6 is 11.6 Å². The highest BCUT2D eigenvalue weighted by atomic mass is 35.5. The van der Waals surface area contributed by atoms with Gasteiger partial charge in [0.15, 0.2) is 6.61 Å². The lowest BCUT2D eigenvalue weighted by molar-refractivity contribution is -0.137. The first-order valence-electron chi connectivity index (χ1n) is 10.3. The van der Waals surface area contributed by atoms with Gasteiger partial charge in [-0.1, -0.05) is 23.7 Å². The van der Waals surface area contributed by atoms with Crippen LogP contribution in [0.1, 0.15) is 26.3 Å². The van der Waals surface area contributed by atoms with E-state index in [0.717, 1.165) is 5.56 Å². The second-order valence-corrected chi connectivity index (χ2v) is 8.14. The van der Waals surface area contributed by atoms with E-state index in [9.17, 15) is 14.4 Å². The summed E-state index contributed by atoms with van der Waals surface area (Å²) in [6.45, 7) is 5.35. The summed E-state index contributed by atoms with van der Waals surface area (Å²) >= 11 is 6.01. The molecule has 0 saturated carbocycles. The fourth-order valence-corrected chi connectivity index (χ4v) is 3.54. The van der Waals surface area contributed by atoms with Crippen LogP contribution in [0.2, 0.25) is 5.02 Å². The van der Waals surface area contributed by atoms with Crippen molar-refractivity contribution in [2.24, 2.45) is 0 Å². The van der Waals surface area contributed by atoms with E-state index in [1.165, 1.54) is 7.11 Å². The lowest BCUT2D eigenvalue weighted by Crippen LogP contribution is -2.34. The second kappa shape index (κ2) is 10.4. The molecular weight excluding hydrogens is 444 g/mol. The lowest BCUT2D eigenvalue weighted by Gasteiger charge is -2.21. The number of amides is 1. The van der Waals surface area contributed by atoms with Crippen molar-refractivity contribution in [2.75, 3.05) is 18.6 Å². The Morgan fingerprint density at radius 3 is 2.30 bits per heavy atom.